The number of anilines is 2. The van der Waals surface area contributed by atoms with E-state index in [-0.39, 0.29) is 35.1 Å². The number of sulfonamides is 1. The number of amides is 1. The fourth-order valence-electron chi connectivity index (χ4n) is 4.69. The zero-order valence-corrected chi connectivity index (χ0v) is 22.6. The molecule has 1 amide bonds. The summed E-state index contributed by atoms with van der Waals surface area (Å²) >= 11 is 5.79. The molecule has 1 heterocycles. The van der Waals surface area contributed by atoms with Crippen molar-refractivity contribution in [1.29, 1.82) is 0 Å². The van der Waals surface area contributed by atoms with Gasteiger partial charge in [0.1, 0.15) is 17.3 Å². The Morgan fingerprint density at radius 3 is 2.63 bits per heavy atom. The minimum atomic E-state index is -3.48. The van der Waals surface area contributed by atoms with Crippen LogP contribution in [-0.2, 0) is 26.0 Å². The van der Waals surface area contributed by atoms with Gasteiger partial charge < -0.3 is 9.64 Å². The minimum absolute atomic E-state index is 0.0162. The molecule has 1 N–H and O–H groups in total. The molecule has 0 aromatic heterocycles. The molecule has 3 aromatic rings. The first-order valence-electron chi connectivity index (χ1n) is 12.1. The van der Waals surface area contributed by atoms with E-state index in [4.69, 9.17) is 16.3 Å². The van der Waals surface area contributed by atoms with Crippen LogP contribution in [0.25, 0.3) is 11.1 Å². The first-order chi connectivity index (χ1) is 18.1. The van der Waals surface area contributed by atoms with Gasteiger partial charge in [0.2, 0.25) is 15.9 Å². The van der Waals surface area contributed by atoms with Crippen LogP contribution in [0.3, 0.4) is 0 Å². The maximum absolute atomic E-state index is 14.1. The minimum Gasteiger partial charge on any atom is -0.495 e. The molecule has 1 fully saturated rings. The number of hydrogen-bond donors (Lipinski definition) is 1. The molecule has 4 rings (SSSR count). The molecule has 0 unspecified atom stereocenters. The van der Waals surface area contributed by atoms with Crippen molar-refractivity contribution in [2.45, 2.75) is 25.7 Å². The van der Waals surface area contributed by atoms with Gasteiger partial charge in [-0.25, -0.2) is 12.8 Å². The highest BCUT2D eigenvalue weighted by Gasteiger charge is 2.32. The molecule has 7 nitrogen and oxygen atoms in total. The number of para-hydroxylation sites is 1. The fourth-order valence-corrected chi connectivity index (χ4v) is 5.43. The topological polar surface area (TPSA) is 92.8 Å². The third-order valence-electron chi connectivity index (χ3n) is 6.43. The number of benzene rings is 3. The summed E-state index contributed by atoms with van der Waals surface area (Å²) in [7, 11) is -1.99. The third-order valence-corrected chi connectivity index (χ3v) is 7.26. The number of hydrogen-bond acceptors (Lipinski definition) is 5. The van der Waals surface area contributed by atoms with Crippen LogP contribution in [-0.4, -0.2) is 40.0 Å². The van der Waals surface area contributed by atoms with Crippen molar-refractivity contribution >= 4 is 44.7 Å². The first-order valence-corrected chi connectivity index (χ1v) is 14.3. The Kier molecular flexibility index (Phi) is 8.38. The van der Waals surface area contributed by atoms with Crippen LogP contribution in [0.4, 0.5) is 15.8 Å². The first kappa shape index (κ1) is 27.6. The summed E-state index contributed by atoms with van der Waals surface area (Å²) in [4.78, 5) is 27.7. The summed E-state index contributed by atoms with van der Waals surface area (Å²) in [6.07, 6.45) is 2.26. The third kappa shape index (κ3) is 6.52. The molecule has 1 aliphatic heterocycles. The molecule has 1 atom stereocenters. The number of piperidine rings is 1. The Hall–Kier alpha value is -3.43. The molecule has 1 saturated heterocycles. The molecular weight excluding hydrogens is 531 g/mol. The molecule has 10 heteroatoms. The number of rotatable bonds is 9. The quantitative estimate of drug-likeness (QED) is 0.376. The van der Waals surface area contributed by atoms with Crippen LogP contribution >= 0.6 is 11.6 Å². The Bertz CT molecular complexity index is 1480. The molecule has 0 spiro atoms. The zero-order valence-electron chi connectivity index (χ0n) is 21.0. The van der Waals surface area contributed by atoms with Crippen molar-refractivity contribution in [2.24, 2.45) is 5.92 Å². The average molecular weight is 559 g/mol. The molecule has 38 heavy (non-hydrogen) atoms. The normalized spacial score (nSPS) is 15.8. The van der Waals surface area contributed by atoms with Crippen molar-refractivity contribution in [3.05, 3.63) is 77.1 Å². The number of methoxy groups -OCH3 is 1. The van der Waals surface area contributed by atoms with E-state index in [0.717, 1.165) is 6.26 Å². The maximum Gasteiger partial charge on any atom is 0.230 e. The number of carbonyl (C=O) groups is 2. The second-order valence-corrected chi connectivity index (χ2v) is 11.5. The number of ketones is 1. The monoisotopic (exact) mass is 558 g/mol. The van der Waals surface area contributed by atoms with Gasteiger partial charge in [-0.2, -0.15) is 0 Å². The Morgan fingerprint density at radius 2 is 1.92 bits per heavy atom. The summed E-state index contributed by atoms with van der Waals surface area (Å²) in [6.45, 7) is 0.470. The van der Waals surface area contributed by atoms with E-state index in [0.29, 0.717) is 47.6 Å². The van der Waals surface area contributed by atoms with Crippen molar-refractivity contribution in [3.63, 3.8) is 0 Å². The van der Waals surface area contributed by atoms with Crippen molar-refractivity contribution < 1.29 is 27.1 Å². The van der Waals surface area contributed by atoms with Crippen LogP contribution < -0.4 is 14.4 Å². The van der Waals surface area contributed by atoms with Crippen LogP contribution in [0.1, 0.15) is 24.8 Å². The number of ether oxygens (including phenoxy) is 1. The van der Waals surface area contributed by atoms with E-state index in [9.17, 15) is 22.4 Å². The summed E-state index contributed by atoms with van der Waals surface area (Å²) in [5.74, 6) is -1.02. The number of nitrogens with zero attached hydrogens (tertiary/aromatic N) is 1. The standard InChI is InChI=1S/C28H28ClFN2O5S/c1-37-27-16-18(23-7-3-4-8-25(23)31-38(2,35)36)10-12-26(27)32-13-5-6-20(28(32)34)15-22(33)14-19-9-11-21(29)17-24(19)30/h3-4,7-12,16-17,20,31H,5-6,13-15H2,1-2H3/t20-/m0/s1. The highest BCUT2D eigenvalue weighted by atomic mass is 35.5. The lowest BCUT2D eigenvalue weighted by Crippen LogP contribution is -2.42. The van der Waals surface area contributed by atoms with E-state index in [2.05, 4.69) is 4.72 Å². The van der Waals surface area contributed by atoms with E-state index < -0.39 is 21.8 Å². The average Bonchev–Trinajstić information content (AvgIpc) is 2.86. The number of Topliss-reactive ketones (excluding diaryl/α,β-unsaturated/α-hetero) is 1. The lowest BCUT2D eigenvalue weighted by Gasteiger charge is -2.33. The highest BCUT2D eigenvalue weighted by molar-refractivity contribution is 7.92. The second-order valence-electron chi connectivity index (χ2n) is 9.29. The maximum atomic E-state index is 14.1. The van der Waals surface area contributed by atoms with Gasteiger partial charge in [0.05, 0.1) is 24.7 Å². The van der Waals surface area contributed by atoms with Gasteiger partial charge >= 0.3 is 0 Å². The fraction of sp³-hybridized carbons (Fsp3) is 0.286. The number of carbonyl (C=O) groups excluding carboxylic acids is 2. The largest absolute Gasteiger partial charge is 0.495 e. The van der Waals surface area contributed by atoms with Gasteiger partial charge in [-0.15, -0.1) is 0 Å². The molecule has 200 valence electrons. The van der Waals surface area contributed by atoms with Gasteiger partial charge in [0.15, 0.2) is 0 Å². The summed E-state index contributed by atoms with van der Waals surface area (Å²) in [5, 5.41) is 0.256. The van der Waals surface area contributed by atoms with Crippen LogP contribution in [0.5, 0.6) is 5.75 Å². The van der Waals surface area contributed by atoms with Gasteiger partial charge in [-0.3, -0.25) is 14.3 Å². The molecule has 0 bridgehead atoms. The van der Waals surface area contributed by atoms with Gasteiger partial charge in [0.25, 0.3) is 0 Å². The summed E-state index contributed by atoms with van der Waals surface area (Å²) in [5.41, 5.74) is 2.61. The SMILES string of the molecule is COc1cc(-c2ccccc2NS(C)(=O)=O)ccc1N1CCC[C@@H](CC(=O)Cc2ccc(Cl)cc2F)C1=O. The van der Waals surface area contributed by atoms with Crippen LogP contribution in [0.2, 0.25) is 5.02 Å². The van der Waals surface area contributed by atoms with E-state index in [1.165, 1.54) is 25.3 Å². The number of nitrogens with one attached hydrogen (secondary N) is 1. The molecule has 0 saturated carbocycles. The predicted molar refractivity (Wildman–Crippen MR) is 147 cm³/mol. The Morgan fingerprint density at radius 1 is 1.16 bits per heavy atom. The van der Waals surface area contributed by atoms with Crippen LogP contribution in [0.15, 0.2) is 60.7 Å². The van der Waals surface area contributed by atoms with Gasteiger partial charge in [-0.1, -0.05) is 41.9 Å². The molecule has 3 aromatic carbocycles. The molecular formula is C28H28ClFN2O5S. The summed E-state index contributed by atoms with van der Waals surface area (Å²) in [6, 6.07) is 16.5. The smallest absolute Gasteiger partial charge is 0.230 e. The van der Waals surface area contributed by atoms with Crippen LogP contribution in [0, 0.1) is 11.7 Å². The van der Waals surface area contributed by atoms with Crippen molar-refractivity contribution in [1.82, 2.24) is 0 Å². The molecule has 0 aliphatic carbocycles. The molecule has 0 radical (unpaired) electrons. The highest BCUT2D eigenvalue weighted by Crippen LogP contribution is 2.38. The lowest BCUT2D eigenvalue weighted by atomic mass is 9.89. The van der Waals surface area contributed by atoms with Crippen molar-refractivity contribution in [2.75, 3.05) is 29.5 Å². The summed E-state index contributed by atoms with van der Waals surface area (Å²) < 4.78 is 45.9. The predicted octanol–water partition coefficient (Wildman–Crippen LogP) is 5.47. The number of halogens is 2. The Labute approximate surface area is 226 Å². The van der Waals surface area contributed by atoms with E-state index in [1.807, 2.05) is 0 Å². The Balaban J connectivity index is 1.54. The zero-order chi connectivity index (χ0) is 27.4. The van der Waals surface area contributed by atoms with E-state index >= 15 is 0 Å². The van der Waals surface area contributed by atoms with E-state index in [1.54, 1.807) is 47.4 Å². The molecule has 1 aliphatic rings. The lowest BCUT2D eigenvalue weighted by molar-refractivity contribution is -0.128. The van der Waals surface area contributed by atoms with Gasteiger partial charge in [-0.05, 0) is 54.3 Å². The van der Waals surface area contributed by atoms with Crippen molar-refractivity contribution in [3.8, 4) is 16.9 Å². The van der Waals surface area contributed by atoms with Gasteiger partial charge in [0, 0.05) is 35.9 Å². The second kappa shape index (κ2) is 11.5.